The highest BCUT2D eigenvalue weighted by atomic mass is 35.5. The van der Waals surface area contributed by atoms with E-state index >= 15 is 0 Å². The van der Waals surface area contributed by atoms with Gasteiger partial charge in [-0.1, -0.05) is 18.5 Å². The van der Waals surface area contributed by atoms with Crippen molar-refractivity contribution in [3.05, 3.63) is 16.4 Å². The van der Waals surface area contributed by atoms with E-state index in [-0.39, 0.29) is 23.2 Å². The Balaban J connectivity index is 3.14. The molecule has 1 atom stereocenters. The van der Waals surface area contributed by atoms with E-state index in [2.05, 4.69) is 5.10 Å². The number of nitrogens with two attached hydrogens (primary N) is 1. The Morgan fingerprint density at radius 2 is 2.06 bits per heavy atom. The van der Waals surface area contributed by atoms with Gasteiger partial charge in [-0.25, -0.2) is 0 Å². The number of alkyl halides is 3. The van der Waals surface area contributed by atoms with Gasteiger partial charge in [-0.15, -0.1) is 0 Å². The fourth-order valence-electron chi connectivity index (χ4n) is 1.36. The molecule has 2 N–H and O–H groups in total. The number of aromatic nitrogens is 2. The smallest absolute Gasteiger partial charge is 0.327 e. The second-order valence-electron chi connectivity index (χ2n) is 3.61. The minimum atomic E-state index is -4.49. The summed E-state index contributed by atoms with van der Waals surface area (Å²) in [5, 5.41) is 3.37. The van der Waals surface area contributed by atoms with Gasteiger partial charge < -0.3 is 5.73 Å². The first-order chi connectivity index (χ1) is 7.27. The fraction of sp³-hybridized carbons (Fsp3) is 0.667. The van der Waals surface area contributed by atoms with Crippen LogP contribution in [-0.4, -0.2) is 15.8 Å². The maximum absolute atomic E-state index is 12.6. The molecule has 0 bridgehead atoms. The lowest BCUT2D eigenvalue weighted by Gasteiger charge is -2.10. The summed E-state index contributed by atoms with van der Waals surface area (Å²) >= 11 is 5.77. The Kier molecular flexibility index (Phi) is 3.85. The molecule has 1 aromatic rings. The molecule has 1 aromatic heterocycles. The predicted molar refractivity (Wildman–Crippen MR) is 55.2 cm³/mol. The lowest BCUT2D eigenvalue weighted by Crippen LogP contribution is -2.23. The Morgan fingerprint density at radius 1 is 1.50 bits per heavy atom. The quantitative estimate of drug-likeness (QED) is 0.901. The van der Waals surface area contributed by atoms with Crippen molar-refractivity contribution in [1.29, 1.82) is 0 Å². The van der Waals surface area contributed by atoms with Crippen molar-refractivity contribution in [3.8, 4) is 0 Å². The summed E-state index contributed by atoms with van der Waals surface area (Å²) in [6.45, 7) is 1.81. The minimum Gasteiger partial charge on any atom is -0.327 e. The van der Waals surface area contributed by atoms with Gasteiger partial charge in [0.15, 0.2) is 5.69 Å². The highest BCUT2D eigenvalue weighted by Gasteiger charge is 2.38. The van der Waals surface area contributed by atoms with Crippen LogP contribution in [0.1, 0.15) is 24.6 Å². The lowest BCUT2D eigenvalue weighted by molar-refractivity contribution is -0.142. The highest BCUT2D eigenvalue weighted by Crippen LogP contribution is 2.34. The number of hydrogen-bond acceptors (Lipinski definition) is 2. The summed E-state index contributed by atoms with van der Waals surface area (Å²) in [5.74, 6) is 0. The van der Waals surface area contributed by atoms with Gasteiger partial charge in [0.2, 0.25) is 0 Å². The third-order valence-electron chi connectivity index (χ3n) is 2.33. The maximum Gasteiger partial charge on any atom is 0.435 e. The van der Waals surface area contributed by atoms with Crippen LogP contribution >= 0.6 is 11.6 Å². The van der Waals surface area contributed by atoms with Crippen LogP contribution < -0.4 is 5.73 Å². The molecule has 1 rings (SSSR count). The molecule has 0 aliphatic heterocycles. The third kappa shape index (κ3) is 2.68. The molecule has 3 nitrogen and oxygen atoms in total. The van der Waals surface area contributed by atoms with E-state index in [0.717, 1.165) is 4.68 Å². The van der Waals surface area contributed by atoms with Crippen molar-refractivity contribution in [2.24, 2.45) is 12.8 Å². The summed E-state index contributed by atoms with van der Waals surface area (Å²) in [6, 6.07) is -0.345. The zero-order valence-corrected chi connectivity index (χ0v) is 9.73. The number of halogens is 4. The SMILES string of the molecule is CCC(N)Cc1c(C(F)(F)F)nn(C)c1Cl. The molecule has 0 aliphatic carbocycles. The van der Waals surface area contributed by atoms with Crippen molar-refractivity contribution in [1.82, 2.24) is 9.78 Å². The topological polar surface area (TPSA) is 43.8 Å². The Morgan fingerprint density at radius 3 is 2.50 bits per heavy atom. The third-order valence-corrected chi connectivity index (χ3v) is 2.80. The van der Waals surface area contributed by atoms with Gasteiger partial charge in [-0.2, -0.15) is 18.3 Å². The van der Waals surface area contributed by atoms with E-state index in [1.807, 2.05) is 6.92 Å². The zero-order valence-electron chi connectivity index (χ0n) is 8.98. The predicted octanol–water partition coefficient (Wildman–Crippen LogP) is 2.37. The fourth-order valence-corrected chi connectivity index (χ4v) is 1.57. The van der Waals surface area contributed by atoms with Crippen LogP contribution in [0.25, 0.3) is 0 Å². The molecular formula is C9H13ClF3N3. The van der Waals surface area contributed by atoms with E-state index in [1.165, 1.54) is 7.05 Å². The van der Waals surface area contributed by atoms with Gasteiger partial charge in [0.1, 0.15) is 5.15 Å². The molecule has 0 radical (unpaired) electrons. The largest absolute Gasteiger partial charge is 0.435 e. The molecule has 0 spiro atoms. The number of hydrogen-bond donors (Lipinski definition) is 1. The minimum absolute atomic E-state index is 0.00350. The van der Waals surface area contributed by atoms with Crippen LogP contribution in [0, 0.1) is 0 Å². The van der Waals surface area contributed by atoms with Crippen molar-refractivity contribution < 1.29 is 13.2 Å². The van der Waals surface area contributed by atoms with Crippen LogP contribution in [0.3, 0.4) is 0 Å². The zero-order chi connectivity index (χ0) is 12.5. The molecule has 0 saturated carbocycles. The summed E-state index contributed by atoms with van der Waals surface area (Å²) in [6.07, 6.45) is -3.83. The number of rotatable bonds is 3. The lowest BCUT2D eigenvalue weighted by atomic mass is 10.1. The molecule has 7 heteroatoms. The Hall–Kier alpha value is -0.750. The molecular weight excluding hydrogens is 243 g/mol. The Labute approximate surface area is 96.4 Å². The first-order valence-corrected chi connectivity index (χ1v) is 5.19. The average molecular weight is 256 g/mol. The van der Waals surface area contributed by atoms with Crippen molar-refractivity contribution in [3.63, 3.8) is 0 Å². The van der Waals surface area contributed by atoms with Gasteiger partial charge >= 0.3 is 6.18 Å². The summed E-state index contributed by atoms with van der Waals surface area (Å²) in [5.41, 5.74) is 4.67. The standard InChI is InChI=1S/C9H13ClF3N3/c1-3-5(14)4-6-7(9(11,12)13)15-16(2)8(6)10/h5H,3-4,14H2,1-2H3. The van der Waals surface area contributed by atoms with E-state index < -0.39 is 11.9 Å². The van der Waals surface area contributed by atoms with E-state index in [4.69, 9.17) is 17.3 Å². The van der Waals surface area contributed by atoms with Crippen molar-refractivity contribution in [2.45, 2.75) is 32.0 Å². The Bertz CT molecular complexity index is 373. The summed E-state index contributed by atoms with van der Waals surface area (Å²) in [4.78, 5) is 0. The summed E-state index contributed by atoms with van der Waals surface area (Å²) < 4.78 is 38.9. The second kappa shape index (κ2) is 4.63. The molecule has 0 amide bonds. The normalized spacial score (nSPS) is 14.2. The van der Waals surface area contributed by atoms with Crippen LogP contribution in [-0.2, 0) is 19.6 Å². The van der Waals surface area contributed by atoms with E-state index in [0.29, 0.717) is 6.42 Å². The van der Waals surface area contributed by atoms with Crippen molar-refractivity contribution >= 4 is 11.6 Å². The van der Waals surface area contributed by atoms with Gasteiger partial charge in [0, 0.05) is 18.7 Å². The molecule has 92 valence electrons. The van der Waals surface area contributed by atoms with Crippen LogP contribution in [0.2, 0.25) is 5.15 Å². The molecule has 0 aromatic carbocycles. The number of nitrogens with zero attached hydrogens (tertiary/aromatic N) is 2. The van der Waals surface area contributed by atoms with Gasteiger partial charge in [0.25, 0.3) is 0 Å². The highest BCUT2D eigenvalue weighted by molar-refractivity contribution is 6.30. The summed E-state index contributed by atoms with van der Waals surface area (Å²) in [7, 11) is 1.37. The van der Waals surface area contributed by atoms with Gasteiger partial charge in [-0.3, -0.25) is 4.68 Å². The maximum atomic E-state index is 12.6. The molecule has 16 heavy (non-hydrogen) atoms. The molecule has 0 fully saturated rings. The van der Waals surface area contributed by atoms with Crippen LogP contribution in [0.5, 0.6) is 0 Å². The first-order valence-electron chi connectivity index (χ1n) is 4.81. The van der Waals surface area contributed by atoms with Crippen LogP contribution in [0.15, 0.2) is 0 Å². The van der Waals surface area contributed by atoms with E-state index in [1.54, 1.807) is 0 Å². The molecule has 0 saturated heterocycles. The second-order valence-corrected chi connectivity index (χ2v) is 3.97. The molecule has 1 unspecified atom stereocenters. The first kappa shape index (κ1) is 13.3. The van der Waals surface area contributed by atoms with E-state index in [9.17, 15) is 13.2 Å². The molecule has 0 aliphatic rings. The average Bonchev–Trinajstić information content (AvgIpc) is 2.45. The monoisotopic (exact) mass is 255 g/mol. The number of aryl methyl sites for hydroxylation is 1. The van der Waals surface area contributed by atoms with Crippen molar-refractivity contribution in [2.75, 3.05) is 0 Å². The van der Waals surface area contributed by atoms with Gasteiger partial charge in [-0.05, 0) is 12.8 Å². The van der Waals surface area contributed by atoms with Crippen LogP contribution in [0.4, 0.5) is 13.2 Å². The molecule has 1 heterocycles. The van der Waals surface area contributed by atoms with Gasteiger partial charge in [0.05, 0.1) is 0 Å².